The average molecular weight is 357 g/mol. The van der Waals surface area contributed by atoms with E-state index in [4.69, 9.17) is 10.5 Å². The van der Waals surface area contributed by atoms with Gasteiger partial charge in [-0.05, 0) is 24.3 Å². The van der Waals surface area contributed by atoms with E-state index in [0.717, 1.165) is 5.56 Å². The van der Waals surface area contributed by atoms with Gasteiger partial charge in [-0.3, -0.25) is 4.79 Å². The number of nitrogens with two attached hydrogens (primary N) is 1. The lowest BCUT2D eigenvalue weighted by atomic mass is 10.2. The smallest absolute Gasteiger partial charge is 0.241 e. The fourth-order valence-corrected chi connectivity index (χ4v) is 2.42. The Morgan fingerprint density at radius 1 is 1.19 bits per heavy atom. The van der Waals surface area contributed by atoms with E-state index in [1.165, 1.54) is 4.90 Å². The predicted molar refractivity (Wildman–Crippen MR) is 99.9 cm³/mol. The van der Waals surface area contributed by atoms with Gasteiger partial charge in [-0.1, -0.05) is 0 Å². The Bertz CT molecular complexity index is 758. The number of rotatable bonds is 5. The van der Waals surface area contributed by atoms with Crippen molar-refractivity contribution in [3.63, 3.8) is 0 Å². The molecule has 1 saturated heterocycles. The zero-order valence-corrected chi connectivity index (χ0v) is 15.0. The van der Waals surface area contributed by atoms with Gasteiger partial charge in [0.05, 0.1) is 19.8 Å². The van der Waals surface area contributed by atoms with E-state index in [1.807, 2.05) is 17.0 Å². The van der Waals surface area contributed by atoms with Crippen molar-refractivity contribution in [2.24, 2.45) is 0 Å². The number of hydrogen-bond acceptors (Lipinski definition) is 8. The van der Waals surface area contributed by atoms with Crippen LogP contribution in [-0.4, -0.2) is 72.7 Å². The van der Waals surface area contributed by atoms with Crippen LogP contribution in [0.2, 0.25) is 0 Å². The van der Waals surface area contributed by atoms with Crippen LogP contribution in [-0.2, 0) is 9.53 Å². The van der Waals surface area contributed by atoms with Crippen LogP contribution in [0.3, 0.4) is 0 Å². The maximum Gasteiger partial charge on any atom is 0.241 e. The average Bonchev–Trinajstić information content (AvgIpc) is 2.67. The molecule has 0 unspecified atom stereocenters. The van der Waals surface area contributed by atoms with Crippen molar-refractivity contribution in [1.29, 1.82) is 0 Å². The first-order valence-electron chi connectivity index (χ1n) is 8.41. The molecule has 1 aromatic heterocycles. The van der Waals surface area contributed by atoms with Gasteiger partial charge in [-0.25, -0.2) is 0 Å². The lowest BCUT2D eigenvalue weighted by Gasteiger charge is -2.27. The van der Waals surface area contributed by atoms with Gasteiger partial charge >= 0.3 is 0 Å². The van der Waals surface area contributed by atoms with E-state index >= 15 is 0 Å². The quantitative estimate of drug-likeness (QED) is 0.743. The molecule has 0 aliphatic carbocycles. The zero-order chi connectivity index (χ0) is 18.5. The molecular formula is C17H23N7O2. The summed E-state index contributed by atoms with van der Waals surface area (Å²) in [6, 6.07) is 7.33. The second-order valence-electron chi connectivity index (χ2n) is 6.15. The van der Waals surface area contributed by atoms with Gasteiger partial charge in [0, 0.05) is 38.4 Å². The molecule has 9 heteroatoms. The molecule has 2 heterocycles. The first-order valence-corrected chi connectivity index (χ1v) is 8.41. The van der Waals surface area contributed by atoms with Gasteiger partial charge in [0.1, 0.15) is 0 Å². The largest absolute Gasteiger partial charge is 0.399 e. The van der Waals surface area contributed by atoms with E-state index in [9.17, 15) is 4.79 Å². The predicted octanol–water partition coefficient (Wildman–Crippen LogP) is 0.458. The van der Waals surface area contributed by atoms with Crippen LogP contribution in [0, 0.1) is 0 Å². The normalized spacial score (nSPS) is 14.2. The molecule has 26 heavy (non-hydrogen) atoms. The molecule has 1 amide bonds. The third-order valence-corrected chi connectivity index (χ3v) is 3.98. The highest BCUT2D eigenvalue weighted by atomic mass is 16.5. The summed E-state index contributed by atoms with van der Waals surface area (Å²) in [4.78, 5) is 28.9. The number of hydrogen-bond donors (Lipinski definition) is 2. The number of aromatic nitrogens is 3. The Hall–Kier alpha value is -2.94. The Morgan fingerprint density at radius 2 is 1.88 bits per heavy atom. The van der Waals surface area contributed by atoms with Crippen molar-refractivity contribution in [1.82, 2.24) is 19.9 Å². The Balaban J connectivity index is 1.90. The number of morpholine rings is 1. The highest BCUT2D eigenvalue weighted by Gasteiger charge is 2.17. The number of anilines is 3. The highest BCUT2D eigenvalue weighted by Crippen LogP contribution is 2.21. The summed E-state index contributed by atoms with van der Waals surface area (Å²) in [5.41, 5.74) is 7.26. The molecule has 1 aliphatic rings. The van der Waals surface area contributed by atoms with Crippen molar-refractivity contribution in [3.05, 3.63) is 24.3 Å². The number of benzene rings is 1. The molecule has 9 nitrogen and oxygen atoms in total. The number of amides is 1. The van der Waals surface area contributed by atoms with Gasteiger partial charge < -0.3 is 25.6 Å². The number of likely N-dealkylation sites (N-methyl/N-ethyl adjacent to an activating group) is 1. The summed E-state index contributed by atoms with van der Waals surface area (Å²) in [7, 11) is 3.41. The highest BCUT2D eigenvalue weighted by molar-refractivity contribution is 5.79. The minimum absolute atomic E-state index is 0.0626. The SMILES string of the molecule is CN(C)C(=O)CNc1nc(-c2ccc(N)cc2)nc(N2CCOCC2)n1. The van der Waals surface area contributed by atoms with Crippen LogP contribution in [0.1, 0.15) is 0 Å². The van der Waals surface area contributed by atoms with Crippen molar-refractivity contribution in [2.75, 3.05) is 62.9 Å². The molecule has 0 saturated carbocycles. The summed E-state index contributed by atoms with van der Waals surface area (Å²) in [5.74, 6) is 1.40. The van der Waals surface area contributed by atoms with Gasteiger partial charge in [0.2, 0.25) is 17.8 Å². The minimum Gasteiger partial charge on any atom is -0.399 e. The van der Waals surface area contributed by atoms with E-state index in [0.29, 0.717) is 49.7 Å². The molecule has 1 aromatic carbocycles. The molecule has 0 spiro atoms. The standard InChI is InChI=1S/C17H23N7O2/c1-23(2)14(25)11-19-16-20-15(12-3-5-13(18)6-4-12)21-17(22-16)24-7-9-26-10-8-24/h3-6H,7-11,18H2,1-2H3,(H,19,20,21,22). The van der Waals surface area contributed by atoms with Crippen molar-refractivity contribution in [3.8, 4) is 11.4 Å². The van der Waals surface area contributed by atoms with Gasteiger partial charge in [-0.2, -0.15) is 15.0 Å². The molecule has 1 aliphatic heterocycles. The summed E-state index contributed by atoms with van der Waals surface area (Å²) in [6.07, 6.45) is 0. The second-order valence-corrected chi connectivity index (χ2v) is 6.15. The van der Waals surface area contributed by atoms with E-state index in [2.05, 4.69) is 20.3 Å². The fraction of sp³-hybridized carbons (Fsp3) is 0.412. The van der Waals surface area contributed by atoms with Crippen LogP contribution < -0.4 is 16.0 Å². The number of nitrogens with zero attached hydrogens (tertiary/aromatic N) is 5. The number of carbonyl (C=O) groups excluding carboxylic acids is 1. The maximum atomic E-state index is 11.8. The molecule has 2 aromatic rings. The lowest BCUT2D eigenvalue weighted by molar-refractivity contribution is -0.126. The summed E-state index contributed by atoms with van der Waals surface area (Å²) < 4.78 is 5.39. The summed E-state index contributed by atoms with van der Waals surface area (Å²) >= 11 is 0. The summed E-state index contributed by atoms with van der Waals surface area (Å²) in [5, 5.41) is 2.99. The Labute approximate surface area is 152 Å². The topological polar surface area (TPSA) is 110 Å². The minimum atomic E-state index is -0.0626. The number of nitrogens with one attached hydrogen (secondary N) is 1. The van der Waals surface area contributed by atoms with E-state index in [1.54, 1.807) is 26.2 Å². The molecule has 0 atom stereocenters. The number of nitrogen functional groups attached to an aromatic ring is 1. The molecule has 3 rings (SSSR count). The molecular weight excluding hydrogens is 334 g/mol. The monoisotopic (exact) mass is 357 g/mol. The van der Waals surface area contributed by atoms with E-state index in [-0.39, 0.29) is 12.5 Å². The first-order chi connectivity index (χ1) is 12.5. The van der Waals surface area contributed by atoms with Crippen LogP contribution >= 0.6 is 0 Å². The third kappa shape index (κ3) is 4.37. The number of carbonyl (C=O) groups is 1. The number of ether oxygens (including phenoxy) is 1. The Kier molecular flexibility index (Phi) is 5.47. The van der Waals surface area contributed by atoms with Gasteiger partial charge in [0.25, 0.3) is 0 Å². The molecule has 138 valence electrons. The van der Waals surface area contributed by atoms with Crippen LogP contribution in [0.25, 0.3) is 11.4 Å². The van der Waals surface area contributed by atoms with Crippen LogP contribution in [0.5, 0.6) is 0 Å². The van der Waals surface area contributed by atoms with Crippen molar-refractivity contribution >= 4 is 23.5 Å². The van der Waals surface area contributed by atoms with Gasteiger partial charge in [-0.15, -0.1) is 0 Å². The van der Waals surface area contributed by atoms with Gasteiger partial charge in [0.15, 0.2) is 5.82 Å². The van der Waals surface area contributed by atoms with Crippen LogP contribution in [0.4, 0.5) is 17.6 Å². The third-order valence-electron chi connectivity index (χ3n) is 3.98. The molecule has 0 radical (unpaired) electrons. The van der Waals surface area contributed by atoms with Crippen molar-refractivity contribution < 1.29 is 9.53 Å². The maximum absolute atomic E-state index is 11.8. The molecule has 1 fully saturated rings. The molecule has 3 N–H and O–H groups in total. The van der Waals surface area contributed by atoms with E-state index < -0.39 is 0 Å². The summed E-state index contributed by atoms with van der Waals surface area (Å²) in [6.45, 7) is 2.79. The second kappa shape index (κ2) is 7.96. The Morgan fingerprint density at radius 3 is 2.54 bits per heavy atom. The first kappa shape index (κ1) is 17.9. The van der Waals surface area contributed by atoms with Crippen LogP contribution in [0.15, 0.2) is 24.3 Å². The zero-order valence-electron chi connectivity index (χ0n) is 15.0. The fourth-order valence-electron chi connectivity index (χ4n) is 2.42. The lowest BCUT2D eigenvalue weighted by Crippen LogP contribution is -2.37. The van der Waals surface area contributed by atoms with Crippen molar-refractivity contribution in [2.45, 2.75) is 0 Å². The molecule has 0 bridgehead atoms.